The van der Waals surface area contributed by atoms with Gasteiger partial charge in [0.1, 0.15) is 0 Å². The van der Waals surface area contributed by atoms with Crippen molar-refractivity contribution in [2.75, 3.05) is 31.1 Å². The molecule has 0 radical (unpaired) electrons. The Balaban J connectivity index is 1.64. The van der Waals surface area contributed by atoms with E-state index in [2.05, 4.69) is 4.90 Å². The monoisotopic (exact) mass is 398 g/mol. The summed E-state index contributed by atoms with van der Waals surface area (Å²) >= 11 is 18.1. The van der Waals surface area contributed by atoms with E-state index in [4.69, 9.17) is 34.8 Å². The normalized spacial score (nSPS) is 16.0. The fourth-order valence-corrected chi connectivity index (χ4v) is 3.62. The van der Waals surface area contributed by atoms with E-state index >= 15 is 0 Å². The minimum absolute atomic E-state index is 0.316. The van der Waals surface area contributed by atoms with Crippen LogP contribution >= 0.6 is 34.8 Å². The van der Waals surface area contributed by atoms with Gasteiger partial charge in [0.25, 0.3) is 5.91 Å². The van der Waals surface area contributed by atoms with Gasteiger partial charge in [-0.15, -0.1) is 0 Å². The van der Waals surface area contributed by atoms with Crippen molar-refractivity contribution in [2.45, 2.75) is 6.10 Å². The smallest absolute Gasteiger partial charge is 0.256 e. The highest BCUT2D eigenvalue weighted by molar-refractivity contribution is 6.36. The van der Waals surface area contributed by atoms with Crippen molar-refractivity contribution in [3.05, 3.63) is 63.1 Å². The molecule has 3 rings (SSSR count). The molecule has 1 atom stereocenters. The predicted octanol–water partition coefficient (Wildman–Crippen LogP) is 4.03. The summed E-state index contributed by atoms with van der Waals surface area (Å²) < 4.78 is 0. The van der Waals surface area contributed by atoms with E-state index < -0.39 is 6.10 Å². The molecule has 1 amide bonds. The molecule has 1 aliphatic rings. The quantitative estimate of drug-likeness (QED) is 0.847. The van der Waals surface area contributed by atoms with Gasteiger partial charge >= 0.3 is 0 Å². The van der Waals surface area contributed by atoms with Gasteiger partial charge in [-0.2, -0.15) is 0 Å². The second-order valence-electron chi connectivity index (χ2n) is 5.87. The van der Waals surface area contributed by atoms with Crippen molar-refractivity contribution in [1.82, 2.24) is 4.90 Å². The molecule has 2 aromatic rings. The molecule has 1 aliphatic heterocycles. The average molecular weight is 400 g/mol. The van der Waals surface area contributed by atoms with Crippen LogP contribution in [-0.2, 0) is 4.79 Å². The molecule has 4 nitrogen and oxygen atoms in total. The largest absolute Gasteiger partial charge is 0.378 e. The molecular formula is C18H17Cl3N2O2. The van der Waals surface area contributed by atoms with E-state index in [1.807, 2.05) is 6.07 Å². The molecule has 1 heterocycles. The first-order chi connectivity index (χ1) is 12.0. The van der Waals surface area contributed by atoms with Crippen LogP contribution in [0.4, 0.5) is 5.69 Å². The van der Waals surface area contributed by atoms with Crippen LogP contribution in [0.1, 0.15) is 11.7 Å². The molecule has 2 aromatic carbocycles. The van der Waals surface area contributed by atoms with Crippen LogP contribution in [0.25, 0.3) is 0 Å². The molecule has 1 saturated heterocycles. The van der Waals surface area contributed by atoms with Gasteiger partial charge < -0.3 is 14.9 Å². The summed E-state index contributed by atoms with van der Waals surface area (Å²) in [5, 5.41) is 12.0. The second-order valence-corrected chi connectivity index (χ2v) is 7.15. The molecule has 0 aromatic heterocycles. The Hall–Kier alpha value is -1.46. The lowest BCUT2D eigenvalue weighted by atomic mass is 10.1. The Morgan fingerprint density at radius 1 is 0.960 bits per heavy atom. The van der Waals surface area contributed by atoms with Crippen LogP contribution in [0, 0.1) is 0 Å². The van der Waals surface area contributed by atoms with Gasteiger partial charge in [0, 0.05) is 36.2 Å². The summed E-state index contributed by atoms with van der Waals surface area (Å²) in [6.45, 7) is 2.29. The number of hydrogen-bond donors (Lipinski definition) is 1. The number of anilines is 1. The fraction of sp³-hybridized carbons (Fsp3) is 0.278. The maximum Gasteiger partial charge on any atom is 0.256 e. The van der Waals surface area contributed by atoms with Crippen molar-refractivity contribution >= 4 is 46.4 Å². The number of rotatable bonds is 3. The first kappa shape index (κ1) is 18.3. The third kappa shape index (κ3) is 4.21. The summed E-state index contributed by atoms with van der Waals surface area (Å²) in [7, 11) is 0. The Kier molecular flexibility index (Phi) is 5.74. The van der Waals surface area contributed by atoms with Crippen molar-refractivity contribution in [2.24, 2.45) is 0 Å². The molecule has 25 heavy (non-hydrogen) atoms. The van der Waals surface area contributed by atoms with Crippen molar-refractivity contribution in [1.29, 1.82) is 0 Å². The molecule has 7 heteroatoms. The molecule has 0 spiro atoms. The number of halogens is 3. The van der Waals surface area contributed by atoms with E-state index in [9.17, 15) is 9.90 Å². The highest BCUT2D eigenvalue weighted by Crippen LogP contribution is 2.30. The lowest BCUT2D eigenvalue weighted by molar-refractivity contribution is -0.140. The van der Waals surface area contributed by atoms with Gasteiger partial charge in [-0.05, 0) is 35.9 Å². The predicted molar refractivity (Wildman–Crippen MR) is 102 cm³/mol. The maximum absolute atomic E-state index is 12.5. The summed E-state index contributed by atoms with van der Waals surface area (Å²) in [6, 6.07) is 12.1. The van der Waals surface area contributed by atoms with Crippen LogP contribution in [-0.4, -0.2) is 42.1 Å². The Bertz CT molecular complexity index is 777. The van der Waals surface area contributed by atoms with Gasteiger partial charge in [0.2, 0.25) is 0 Å². The Morgan fingerprint density at radius 2 is 1.64 bits per heavy atom. The molecule has 0 aliphatic carbocycles. The van der Waals surface area contributed by atoms with E-state index in [-0.39, 0.29) is 5.91 Å². The van der Waals surface area contributed by atoms with Crippen LogP contribution in [0.15, 0.2) is 42.5 Å². The molecule has 1 N–H and O–H groups in total. The summed E-state index contributed by atoms with van der Waals surface area (Å²) in [5.74, 6) is -0.316. The van der Waals surface area contributed by atoms with Gasteiger partial charge in [0.15, 0.2) is 6.10 Å². The standard InChI is InChI=1S/C18H17Cl3N2O2/c19-13-3-1-2-12(10-13)17(24)18(25)23-8-6-22(7-9-23)16-5-4-14(20)11-15(16)21/h1-5,10-11,17,24H,6-9H2. The third-order valence-electron chi connectivity index (χ3n) is 4.24. The highest BCUT2D eigenvalue weighted by atomic mass is 35.5. The maximum atomic E-state index is 12.5. The summed E-state index contributed by atoms with van der Waals surface area (Å²) in [5.41, 5.74) is 1.40. The number of hydrogen-bond acceptors (Lipinski definition) is 3. The number of carbonyl (C=O) groups excluding carboxylic acids is 1. The van der Waals surface area contributed by atoms with Gasteiger partial charge in [-0.25, -0.2) is 0 Å². The SMILES string of the molecule is O=C(C(O)c1cccc(Cl)c1)N1CCN(c2ccc(Cl)cc2Cl)CC1. The van der Waals surface area contributed by atoms with Gasteiger partial charge in [-0.1, -0.05) is 46.9 Å². The minimum Gasteiger partial charge on any atom is -0.378 e. The van der Waals surface area contributed by atoms with Gasteiger partial charge in [0.05, 0.1) is 10.7 Å². The van der Waals surface area contributed by atoms with Crippen molar-refractivity contribution in [3.8, 4) is 0 Å². The van der Waals surface area contributed by atoms with Crippen LogP contribution in [0.5, 0.6) is 0 Å². The number of benzene rings is 2. The topological polar surface area (TPSA) is 43.8 Å². The summed E-state index contributed by atoms with van der Waals surface area (Å²) in [6.07, 6.45) is -1.20. The first-order valence-electron chi connectivity index (χ1n) is 7.88. The Morgan fingerprint density at radius 3 is 2.28 bits per heavy atom. The zero-order valence-corrected chi connectivity index (χ0v) is 15.6. The second kappa shape index (κ2) is 7.83. The third-order valence-corrected chi connectivity index (χ3v) is 5.01. The molecule has 1 unspecified atom stereocenters. The molecule has 1 fully saturated rings. The number of carbonyl (C=O) groups is 1. The number of aliphatic hydroxyl groups is 1. The molecular weight excluding hydrogens is 383 g/mol. The fourth-order valence-electron chi connectivity index (χ4n) is 2.90. The van der Waals surface area contributed by atoms with Gasteiger partial charge in [-0.3, -0.25) is 4.79 Å². The summed E-state index contributed by atoms with van der Waals surface area (Å²) in [4.78, 5) is 16.3. The molecule has 0 bridgehead atoms. The van der Waals surface area contributed by atoms with Crippen LogP contribution < -0.4 is 4.90 Å². The average Bonchev–Trinajstić information content (AvgIpc) is 2.61. The first-order valence-corrected chi connectivity index (χ1v) is 9.01. The van der Waals surface area contributed by atoms with E-state index in [0.29, 0.717) is 46.8 Å². The number of amides is 1. The zero-order chi connectivity index (χ0) is 18.0. The van der Waals surface area contributed by atoms with Crippen molar-refractivity contribution < 1.29 is 9.90 Å². The van der Waals surface area contributed by atoms with E-state index in [1.165, 1.54) is 0 Å². The number of nitrogens with zero attached hydrogens (tertiary/aromatic N) is 2. The lowest BCUT2D eigenvalue weighted by Crippen LogP contribution is -2.50. The van der Waals surface area contributed by atoms with E-state index in [1.54, 1.807) is 41.3 Å². The zero-order valence-electron chi connectivity index (χ0n) is 13.3. The lowest BCUT2D eigenvalue weighted by Gasteiger charge is -2.37. The number of piperazine rings is 1. The van der Waals surface area contributed by atoms with Crippen LogP contribution in [0.2, 0.25) is 15.1 Å². The number of aliphatic hydroxyl groups excluding tert-OH is 1. The van der Waals surface area contributed by atoms with Crippen LogP contribution in [0.3, 0.4) is 0 Å². The van der Waals surface area contributed by atoms with E-state index in [0.717, 1.165) is 5.69 Å². The minimum atomic E-state index is -1.20. The molecule has 132 valence electrons. The Labute approximate surface area is 161 Å². The molecule has 0 saturated carbocycles. The highest BCUT2D eigenvalue weighted by Gasteiger charge is 2.27. The van der Waals surface area contributed by atoms with Crippen molar-refractivity contribution in [3.63, 3.8) is 0 Å².